The van der Waals surface area contributed by atoms with Crippen LogP contribution in [0.2, 0.25) is 0 Å². The molecule has 1 N–H and O–H groups in total. The van der Waals surface area contributed by atoms with Gasteiger partial charge in [-0.3, -0.25) is 0 Å². The maximum Gasteiger partial charge on any atom is 0.124 e. The van der Waals surface area contributed by atoms with Gasteiger partial charge in [-0.2, -0.15) is 0 Å². The molecule has 0 aliphatic rings. The van der Waals surface area contributed by atoms with Gasteiger partial charge in [0.05, 0.1) is 19.8 Å². The minimum Gasteiger partial charge on any atom is -0.496 e. The van der Waals surface area contributed by atoms with Gasteiger partial charge in [-0.15, -0.1) is 0 Å². The molecule has 20 heavy (non-hydrogen) atoms. The number of methoxy groups -OCH3 is 1. The Morgan fingerprint density at radius 3 is 2.55 bits per heavy atom. The van der Waals surface area contributed by atoms with E-state index < -0.39 is 0 Å². The second-order valence-electron chi connectivity index (χ2n) is 5.68. The van der Waals surface area contributed by atoms with Gasteiger partial charge in [-0.05, 0) is 43.5 Å². The van der Waals surface area contributed by atoms with Gasteiger partial charge >= 0.3 is 0 Å². The predicted octanol–water partition coefficient (Wildman–Crippen LogP) is 3.76. The molecule has 0 saturated carbocycles. The van der Waals surface area contributed by atoms with Crippen LogP contribution in [-0.2, 0) is 17.9 Å². The van der Waals surface area contributed by atoms with Crippen molar-refractivity contribution in [2.75, 3.05) is 13.7 Å². The van der Waals surface area contributed by atoms with Gasteiger partial charge < -0.3 is 14.8 Å². The molecule has 1 atom stereocenters. The summed E-state index contributed by atoms with van der Waals surface area (Å²) in [6.07, 6.45) is 1.36. The third-order valence-corrected chi connectivity index (χ3v) is 3.25. The van der Waals surface area contributed by atoms with Crippen LogP contribution < -0.4 is 10.1 Å². The third-order valence-electron chi connectivity index (χ3n) is 3.25. The van der Waals surface area contributed by atoms with Crippen molar-refractivity contribution in [1.82, 2.24) is 5.32 Å². The lowest BCUT2D eigenvalue weighted by atomic mass is 10.1. The Morgan fingerprint density at radius 2 is 1.95 bits per heavy atom. The minimum atomic E-state index is 0.275. The molecule has 0 saturated heterocycles. The van der Waals surface area contributed by atoms with Crippen LogP contribution in [0.25, 0.3) is 0 Å². The Kier molecular flexibility index (Phi) is 7.63. The molecule has 3 heteroatoms. The van der Waals surface area contributed by atoms with Gasteiger partial charge in [0, 0.05) is 12.1 Å². The van der Waals surface area contributed by atoms with Crippen LogP contribution in [0.15, 0.2) is 18.2 Å². The zero-order chi connectivity index (χ0) is 15.0. The third kappa shape index (κ3) is 5.93. The Hall–Kier alpha value is -1.06. The smallest absolute Gasteiger partial charge is 0.124 e. The van der Waals surface area contributed by atoms with E-state index >= 15 is 0 Å². The number of hydrogen-bond donors (Lipinski definition) is 1. The zero-order valence-electron chi connectivity index (χ0n) is 13.5. The fourth-order valence-electron chi connectivity index (χ4n) is 2.29. The van der Waals surface area contributed by atoms with Crippen molar-refractivity contribution >= 4 is 0 Å². The molecule has 1 aromatic carbocycles. The topological polar surface area (TPSA) is 30.5 Å². The Balaban J connectivity index is 2.65. The second-order valence-corrected chi connectivity index (χ2v) is 5.68. The van der Waals surface area contributed by atoms with Crippen LogP contribution in [0.3, 0.4) is 0 Å². The number of ether oxygens (including phenoxy) is 2. The minimum absolute atomic E-state index is 0.275. The summed E-state index contributed by atoms with van der Waals surface area (Å²) in [7, 11) is 1.71. The van der Waals surface area contributed by atoms with E-state index in [2.05, 4.69) is 45.1 Å². The van der Waals surface area contributed by atoms with Gasteiger partial charge in [0.2, 0.25) is 0 Å². The van der Waals surface area contributed by atoms with Crippen LogP contribution in [0.4, 0.5) is 0 Å². The van der Waals surface area contributed by atoms with Crippen molar-refractivity contribution in [3.63, 3.8) is 0 Å². The maximum atomic E-state index is 5.94. The summed E-state index contributed by atoms with van der Waals surface area (Å²) in [5.74, 6) is 1.56. The molecule has 114 valence electrons. The largest absolute Gasteiger partial charge is 0.496 e. The summed E-state index contributed by atoms with van der Waals surface area (Å²) in [5.41, 5.74) is 2.39. The van der Waals surface area contributed by atoms with E-state index in [0.29, 0.717) is 12.5 Å². The van der Waals surface area contributed by atoms with Crippen LogP contribution in [0.1, 0.15) is 45.2 Å². The summed E-state index contributed by atoms with van der Waals surface area (Å²) < 4.78 is 11.4. The summed E-state index contributed by atoms with van der Waals surface area (Å²) >= 11 is 0. The summed E-state index contributed by atoms with van der Waals surface area (Å²) in [6, 6.07) is 6.30. The molecule has 0 amide bonds. The molecule has 0 spiro atoms. The highest BCUT2D eigenvalue weighted by molar-refractivity contribution is 5.36. The molecule has 0 heterocycles. The van der Waals surface area contributed by atoms with E-state index in [1.165, 1.54) is 5.56 Å². The molecular weight excluding hydrogens is 250 g/mol. The fourth-order valence-corrected chi connectivity index (χ4v) is 2.29. The molecule has 0 aromatic heterocycles. The number of nitrogens with one attached hydrogen (secondary N) is 1. The molecule has 1 rings (SSSR count). The van der Waals surface area contributed by atoms with E-state index in [4.69, 9.17) is 9.47 Å². The highest BCUT2D eigenvalue weighted by Crippen LogP contribution is 2.22. The molecule has 0 bridgehead atoms. The highest BCUT2D eigenvalue weighted by atomic mass is 16.5. The molecule has 0 radical (unpaired) electrons. The lowest BCUT2D eigenvalue weighted by molar-refractivity contribution is 0.0387. The normalized spacial score (nSPS) is 12.7. The van der Waals surface area contributed by atoms with Crippen molar-refractivity contribution in [2.24, 2.45) is 5.92 Å². The molecular formula is C17H29NO2. The first-order valence-electron chi connectivity index (χ1n) is 7.54. The average Bonchev–Trinajstić information content (AvgIpc) is 2.42. The van der Waals surface area contributed by atoms with E-state index in [0.717, 1.165) is 30.8 Å². The average molecular weight is 279 g/mol. The number of rotatable bonds is 9. The lowest BCUT2D eigenvalue weighted by Gasteiger charge is -2.17. The van der Waals surface area contributed by atoms with Crippen molar-refractivity contribution in [3.8, 4) is 5.75 Å². The standard InChI is InChI=1S/C17H29NO2/c1-6-18-11-15-7-8-17(19-5)16(10-15)12-20-14(4)9-13(2)3/h7-8,10,13-14,18H,6,9,11-12H2,1-5H3. The molecule has 1 aromatic rings. The van der Waals surface area contributed by atoms with Crippen LogP contribution in [-0.4, -0.2) is 19.8 Å². The first kappa shape index (κ1) is 17.0. The Labute approximate surface area is 123 Å². The molecule has 0 aliphatic carbocycles. The maximum absolute atomic E-state index is 5.94. The molecule has 0 aliphatic heterocycles. The first-order valence-corrected chi connectivity index (χ1v) is 7.54. The molecule has 0 fully saturated rings. The van der Waals surface area contributed by atoms with Crippen LogP contribution in [0.5, 0.6) is 5.75 Å². The highest BCUT2D eigenvalue weighted by Gasteiger charge is 2.09. The monoisotopic (exact) mass is 279 g/mol. The fraction of sp³-hybridized carbons (Fsp3) is 0.647. The molecule has 1 unspecified atom stereocenters. The summed E-state index contributed by atoms with van der Waals surface area (Å²) in [5, 5.41) is 3.34. The van der Waals surface area contributed by atoms with Gasteiger partial charge in [-0.25, -0.2) is 0 Å². The van der Waals surface area contributed by atoms with Gasteiger partial charge in [0.1, 0.15) is 5.75 Å². The summed E-state index contributed by atoms with van der Waals surface area (Å²) in [4.78, 5) is 0. The Morgan fingerprint density at radius 1 is 1.20 bits per heavy atom. The first-order chi connectivity index (χ1) is 9.56. The Bertz CT molecular complexity index is 391. The SMILES string of the molecule is CCNCc1ccc(OC)c(COC(C)CC(C)C)c1. The van der Waals surface area contributed by atoms with Crippen molar-refractivity contribution < 1.29 is 9.47 Å². The van der Waals surface area contributed by atoms with Gasteiger partial charge in [0.15, 0.2) is 0 Å². The van der Waals surface area contributed by atoms with E-state index in [-0.39, 0.29) is 6.10 Å². The quantitative estimate of drug-likeness (QED) is 0.746. The van der Waals surface area contributed by atoms with Crippen molar-refractivity contribution in [3.05, 3.63) is 29.3 Å². The van der Waals surface area contributed by atoms with E-state index in [1.807, 2.05) is 6.07 Å². The van der Waals surface area contributed by atoms with Crippen molar-refractivity contribution in [1.29, 1.82) is 0 Å². The van der Waals surface area contributed by atoms with E-state index in [1.54, 1.807) is 7.11 Å². The van der Waals surface area contributed by atoms with Gasteiger partial charge in [0.25, 0.3) is 0 Å². The molecule has 3 nitrogen and oxygen atoms in total. The number of benzene rings is 1. The number of hydrogen-bond acceptors (Lipinski definition) is 3. The summed E-state index contributed by atoms with van der Waals surface area (Å²) in [6.45, 7) is 11.2. The van der Waals surface area contributed by atoms with E-state index in [9.17, 15) is 0 Å². The predicted molar refractivity (Wildman–Crippen MR) is 84.1 cm³/mol. The second kappa shape index (κ2) is 8.98. The van der Waals surface area contributed by atoms with Crippen LogP contribution >= 0.6 is 0 Å². The van der Waals surface area contributed by atoms with Crippen molar-refractivity contribution in [2.45, 2.75) is 53.4 Å². The zero-order valence-corrected chi connectivity index (χ0v) is 13.5. The van der Waals surface area contributed by atoms with Gasteiger partial charge in [-0.1, -0.05) is 26.8 Å². The van der Waals surface area contributed by atoms with Crippen LogP contribution in [0, 0.1) is 5.92 Å². The lowest BCUT2D eigenvalue weighted by Crippen LogP contribution is -2.13.